The maximum Gasteiger partial charge on any atom is 0.0853 e. The van der Waals surface area contributed by atoms with Crippen LogP contribution < -0.4 is 0 Å². The Labute approximate surface area is 66.5 Å². The van der Waals surface area contributed by atoms with E-state index in [0.29, 0.717) is 12.0 Å². The lowest BCUT2D eigenvalue weighted by Gasteiger charge is -2.20. The van der Waals surface area contributed by atoms with Gasteiger partial charge in [0, 0.05) is 5.92 Å². The molecule has 0 amide bonds. The van der Waals surface area contributed by atoms with Gasteiger partial charge in [0.15, 0.2) is 0 Å². The van der Waals surface area contributed by atoms with Gasteiger partial charge in [-0.2, -0.15) is 5.26 Å². The summed E-state index contributed by atoms with van der Waals surface area (Å²) in [5, 5.41) is 8.80. The van der Waals surface area contributed by atoms with Crippen LogP contribution in [0.4, 0.5) is 0 Å². The van der Waals surface area contributed by atoms with Crippen LogP contribution in [-0.2, 0) is 4.74 Å². The summed E-state index contributed by atoms with van der Waals surface area (Å²) in [5.41, 5.74) is 0. The minimum Gasteiger partial charge on any atom is -0.373 e. The average molecular weight is 149 g/mol. The zero-order valence-electron chi connectivity index (χ0n) is 6.36. The number of nitrogens with zero attached hydrogens (tertiary/aromatic N) is 1. The van der Waals surface area contributed by atoms with E-state index in [1.165, 1.54) is 0 Å². The van der Waals surface area contributed by atoms with Gasteiger partial charge < -0.3 is 4.74 Å². The van der Waals surface area contributed by atoms with E-state index in [9.17, 15) is 0 Å². The van der Waals surface area contributed by atoms with Crippen molar-refractivity contribution in [1.29, 1.82) is 5.26 Å². The van der Waals surface area contributed by atoms with Crippen molar-refractivity contribution in [3.8, 4) is 6.07 Å². The Bertz CT molecular complexity index is 212. The van der Waals surface area contributed by atoms with Gasteiger partial charge in [0.1, 0.15) is 0 Å². The molecule has 2 aliphatic rings. The summed E-state index contributed by atoms with van der Waals surface area (Å²) in [6, 6.07) is 2.34. The van der Waals surface area contributed by atoms with Crippen molar-refractivity contribution in [2.75, 3.05) is 6.61 Å². The predicted molar refractivity (Wildman–Crippen MR) is 40.7 cm³/mol. The highest BCUT2D eigenvalue weighted by molar-refractivity contribution is 5.05. The summed E-state index contributed by atoms with van der Waals surface area (Å²) >= 11 is 0. The third-order valence-electron chi connectivity index (χ3n) is 2.48. The van der Waals surface area contributed by atoms with Gasteiger partial charge >= 0.3 is 0 Å². The van der Waals surface area contributed by atoms with Crippen molar-refractivity contribution in [3.63, 3.8) is 0 Å². The van der Waals surface area contributed by atoms with Crippen LogP contribution in [0.25, 0.3) is 0 Å². The lowest BCUT2D eigenvalue weighted by Crippen LogP contribution is -2.20. The van der Waals surface area contributed by atoms with E-state index in [0.717, 1.165) is 19.4 Å². The zero-order valence-corrected chi connectivity index (χ0v) is 6.36. The molecule has 2 rings (SSSR count). The van der Waals surface area contributed by atoms with E-state index in [-0.39, 0.29) is 5.92 Å². The van der Waals surface area contributed by atoms with Crippen molar-refractivity contribution >= 4 is 0 Å². The molecule has 0 aromatic rings. The first-order valence-electron chi connectivity index (χ1n) is 4.08. The van der Waals surface area contributed by atoms with Crippen LogP contribution in [0, 0.1) is 23.2 Å². The number of allylic oxidation sites excluding steroid dienone is 2. The van der Waals surface area contributed by atoms with Gasteiger partial charge in [0.05, 0.1) is 24.7 Å². The molecule has 3 atom stereocenters. The van der Waals surface area contributed by atoms with Gasteiger partial charge in [-0.15, -0.1) is 0 Å². The first-order chi connectivity index (χ1) is 5.42. The minimum atomic E-state index is 0.201. The second kappa shape index (κ2) is 2.67. The maximum atomic E-state index is 8.80. The fraction of sp³-hybridized carbons (Fsp3) is 0.667. The molecule has 0 N–H and O–H groups in total. The maximum absolute atomic E-state index is 8.80. The molecule has 1 heterocycles. The van der Waals surface area contributed by atoms with E-state index in [2.05, 4.69) is 18.2 Å². The predicted octanol–water partition coefficient (Wildman–Crippen LogP) is 1.49. The molecule has 2 nitrogen and oxygen atoms in total. The van der Waals surface area contributed by atoms with E-state index < -0.39 is 0 Å². The first kappa shape index (κ1) is 6.87. The number of hydrogen-bond donors (Lipinski definition) is 0. The van der Waals surface area contributed by atoms with Gasteiger partial charge in [-0.1, -0.05) is 12.2 Å². The Balaban J connectivity index is 2.05. The number of epoxide rings is 1. The van der Waals surface area contributed by atoms with Crippen molar-refractivity contribution in [1.82, 2.24) is 0 Å². The molecule has 0 aromatic heterocycles. The number of rotatable bonds is 1. The third kappa shape index (κ3) is 1.29. The van der Waals surface area contributed by atoms with E-state index >= 15 is 0 Å². The first-order valence-corrected chi connectivity index (χ1v) is 4.08. The second-order valence-electron chi connectivity index (χ2n) is 3.21. The van der Waals surface area contributed by atoms with Crippen LogP contribution in [0.5, 0.6) is 0 Å². The fourth-order valence-corrected chi connectivity index (χ4v) is 1.70. The average Bonchev–Trinajstić information content (AvgIpc) is 2.87. The molecule has 1 aliphatic carbocycles. The summed E-state index contributed by atoms with van der Waals surface area (Å²) in [4.78, 5) is 0. The van der Waals surface area contributed by atoms with Crippen molar-refractivity contribution in [2.45, 2.75) is 18.9 Å². The van der Waals surface area contributed by atoms with E-state index in [1.54, 1.807) is 0 Å². The molecule has 3 unspecified atom stereocenters. The molecule has 1 aliphatic heterocycles. The van der Waals surface area contributed by atoms with Crippen molar-refractivity contribution in [3.05, 3.63) is 12.2 Å². The lowest BCUT2D eigenvalue weighted by atomic mass is 9.82. The molecule has 0 radical (unpaired) electrons. The zero-order chi connectivity index (χ0) is 7.68. The highest BCUT2D eigenvalue weighted by atomic mass is 16.6. The molecule has 0 aromatic carbocycles. The van der Waals surface area contributed by atoms with Crippen molar-refractivity contribution in [2.24, 2.45) is 11.8 Å². The molecule has 1 fully saturated rings. The third-order valence-corrected chi connectivity index (χ3v) is 2.48. The summed E-state index contributed by atoms with van der Waals surface area (Å²) in [6.07, 6.45) is 6.61. The highest BCUT2D eigenvalue weighted by Gasteiger charge is 2.37. The summed E-state index contributed by atoms with van der Waals surface area (Å²) in [7, 11) is 0. The van der Waals surface area contributed by atoms with Gasteiger partial charge in [0.25, 0.3) is 0 Å². The molecule has 58 valence electrons. The number of ether oxygens (including phenoxy) is 1. The fourth-order valence-electron chi connectivity index (χ4n) is 1.70. The van der Waals surface area contributed by atoms with E-state index in [4.69, 9.17) is 10.00 Å². The number of nitriles is 1. The lowest BCUT2D eigenvalue weighted by molar-refractivity contribution is 0.277. The standard InChI is InChI=1S/C9H11NO/c10-5-7-3-1-2-4-8(7)9-6-11-9/h1-2,7-9H,3-4,6H2. The largest absolute Gasteiger partial charge is 0.373 e. The van der Waals surface area contributed by atoms with Gasteiger partial charge in [-0.3, -0.25) is 0 Å². The second-order valence-corrected chi connectivity index (χ2v) is 3.21. The van der Waals surface area contributed by atoms with Crippen LogP contribution in [0.1, 0.15) is 12.8 Å². The molecular formula is C9H11NO. The van der Waals surface area contributed by atoms with Crippen LogP contribution in [0.3, 0.4) is 0 Å². The summed E-state index contributed by atoms with van der Waals surface area (Å²) in [5.74, 6) is 0.678. The van der Waals surface area contributed by atoms with E-state index in [1.807, 2.05) is 0 Å². The van der Waals surface area contributed by atoms with Crippen molar-refractivity contribution < 1.29 is 4.74 Å². The topological polar surface area (TPSA) is 36.3 Å². The van der Waals surface area contributed by atoms with Gasteiger partial charge in [-0.05, 0) is 12.8 Å². The van der Waals surface area contributed by atoms with Crippen LogP contribution in [0.15, 0.2) is 12.2 Å². The Morgan fingerprint density at radius 1 is 1.36 bits per heavy atom. The van der Waals surface area contributed by atoms with Crippen LogP contribution >= 0.6 is 0 Å². The molecule has 0 bridgehead atoms. The van der Waals surface area contributed by atoms with Crippen LogP contribution in [-0.4, -0.2) is 12.7 Å². The smallest absolute Gasteiger partial charge is 0.0853 e. The Kier molecular flexibility index (Phi) is 1.67. The molecule has 1 saturated heterocycles. The molecular weight excluding hydrogens is 138 g/mol. The molecule has 0 spiro atoms. The molecule has 2 heteroatoms. The summed E-state index contributed by atoms with van der Waals surface area (Å²) in [6.45, 7) is 0.872. The van der Waals surface area contributed by atoms with Gasteiger partial charge in [-0.25, -0.2) is 0 Å². The van der Waals surface area contributed by atoms with Crippen LogP contribution in [0.2, 0.25) is 0 Å². The SMILES string of the molecule is N#CC1CC=CCC1C1CO1. The Morgan fingerprint density at radius 3 is 2.73 bits per heavy atom. The summed E-state index contributed by atoms with van der Waals surface area (Å²) < 4.78 is 5.20. The Morgan fingerprint density at radius 2 is 2.09 bits per heavy atom. The number of hydrogen-bond acceptors (Lipinski definition) is 2. The quantitative estimate of drug-likeness (QED) is 0.418. The van der Waals surface area contributed by atoms with Gasteiger partial charge in [0.2, 0.25) is 0 Å². The molecule has 11 heavy (non-hydrogen) atoms. The normalized spacial score (nSPS) is 41.5. The monoisotopic (exact) mass is 149 g/mol. The minimum absolute atomic E-state index is 0.201. The Hall–Kier alpha value is -0.810. The molecule has 0 saturated carbocycles. The highest BCUT2D eigenvalue weighted by Crippen LogP contribution is 2.34.